The number of nitrogens with one attached hydrogen (secondary N) is 1. The van der Waals surface area contributed by atoms with Gasteiger partial charge in [-0.05, 0) is 18.3 Å². The Labute approximate surface area is 113 Å². The molecule has 0 saturated heterocycles. The van der Waals surface area contributed by atoms with Gasteiger partial charge in [0.05, 0.1) is 16.9 Å². The minimum Gasteiger partial charge on any atom is -0.336 e. The van der Waals surface area contributed by atoms with Crippen molar-refractivity contribution in [2.45, 2.75) is 13.1 Å². The molecule has 0 aliphatic carbocycles. The first-order valence-electron chi connectivity index (χ1n) is 5.44. The van der Waals surface area contributed by atoms with E-state index in [1.807, 2.05) is 21.4 Å². The minimum absolute atomic E-state index is 0.598. The molecule has 5 nitrogen and oxygen atoms in total. The second-order valence-electron chi connectivity index (χ2n) is 3.91. The number of H-pyrrole nitrogens is 1. The predicted molar refractivity (Wildman–Crippen MR) is 72.2 cm³/mol. The van der Waals surface area contributed by atoms with Crippen LogP contribution >= 0.6 is 23.8 Å². The van der Waals surface area contributed by atoms with E-state index in [-0.39, 0.29) is 0 Å². The lowest BCUT2D eigenvalue weighted by molar-refractivity contribution is 0.582. The molecule has 92 valence electrons. The van der Waals surface area contributed by atoms with E-state index in [2.05, 4.69) is 15.0 Å². The second kappa shape index (κ2) is 4.55. The fourth-order valence-corrected chi connectivity index (χ4v) is 2.31. The van der Waals surface area contributed by atoms with Crippen molar-refractivity contribution in [3.8, 4) is 0 Å². The molecule has 18 heavy (non-hydrogen) atoms. The SMILES string of the molecule is S=c1[nH]c2cc(Cl)cnc2n1CCn1ccnc1. The first kappa shape index (κ1) is 11.4. The highest BCUT2D eigenvalue weighted by Gasteiger charge is 2.06. The normalized spacial score (nSPS) is 11.2. The summed E-state index contributed by atoms with van der Waals surface area (Å²) in [6.07, 6.45) is 7.08. The summed E-state index contributed by atoms with van der Waals surface area (Å²) in [6, 6.07) is 1.83. The standard InChI is InChI=1S/C11H10ClN5S/c12-8-5-9-10(14-6-8)17(11(18)15-9)4-3-16-2-1-13-7-16/h1-2,5-7H,3-4H2,(H,15,18). The van der Waals surface area contributed by atoms with Crippen LogP contribution in [0.2, 0.25) is 5.02 Å². The van der Waals surface area contributed by atoms with Crippen LogP contribution in [0.25, 0.3) is 11.2 Å². The van der Waals surface area contributed by atoms with Gasteiger partial charge in [0, 0.05) is 31.7 Å². The topological polar surface area (TPSA) is 51.4 Å². The summed E-state index contributed by atoms with van der Waals surface area (Å²) in [7, 11) is 0. The van der Waals surface area contributed by atoms with Gasteiger partial charge in [-0.1, -0.05) is 11.6 Å². The van der Waals surface area contributed by atoms with E-state index in [4.69, 9.17) is 23.8 Å². The Balaban J connectivity index is 1.96. The number of aromatic amines is 1. The quantitative estimate of drug-likeness (QED) is 0.750. The molecule has 0 saturated carbocycles. The average molecular weight is 280 g/mol. The first-order valence-corrected chi connectivity index (χ1v) is 6.22. The van der Waals surface area contributed by atoms with E-state index in [0.29, 0.717) is 9.79 Å². The third kappa shape index (κ3) is 2.04. The molecule has 0 aliphatic heterocycles. The number of halogens is 1. The lowest BCUT2D eigenvalue weighted by atomic mass is 10.4. The van der Waals surface area contributed by atoms with Crippen LogP contribution in [0, 0.1) is 4.77 Å². The van der Waals surface area contributed by atoms with Crippen LogP contribution in [-0.2, 0) is 13.1 Å². The Morgan fingerprint density at radius 1 is 1.39 bits per heavy atom. The maximum atomic E-state index is 5.90. The zero-order valence-corrected chi connectivity index (χ0v) is 10.9. The smallest absolute Gasteiger partial charge is 0.179 e. The molecular weight excluding hydrogens is 270 g/mol. The van der Waals surface area contributed by atoms with Crippen LogP contribution in [0.4, 0.5) is 0 Å². The largest absolute Gasteiger partial charge is 0.336 e. The second-order valence-corrected chi connectivity index (χ2v) is 4.73. The van der Waals surface area contributed by atoms with Crippen molar-refractivity contribution in [2.24, 2.45) is 0 Å². The van der Waals surface area contributed by atoms with Gasteiger partial charge in [0.1, 0.15) is 0 Å². The number of aromatic nitrogens is 5. The van der Waals surface area contributed by atoms with Gasteiger partial charge in [0.2, 0.25) is 0 Å². The number of nitrogens with zero attached hydrogens (tertiary/aromatic N) is 4. The molecule has 3 rings (SSSR count). The molecule has 0 atom stereocenters. The summed E-state index contributed by atoms with van der Waals surface area (Å²) < 4.78 is 4.61. The molecule has 3 heterocycles. The van der Waals surface area contributed by atoms with E-state index in [1.165, 1.54) is 0 Å². The van der Waals surface area contributed by atoms with E-state index < -0.39 is 0 Å². The van der Waals surface area contributed by atoms with E-state index in [1.54, 1.807) is 18.7 Å². The molecule has 0 amide bonds. The van der Waals surface area contributed by atoms with E-state index >= 15 is 0 Å². The summed E-state index contributed by atoms with van der Waals surface area (Å²) >= 11 is 11.2. The lowest BCUT2D eigenvalue weighted by Gasteiger charge is -2.04. The summed E-state index contributed by atoms with van der Waals surface area (Å²) in [6.45, 7) is 1.54. The number of aryl methyl sites for hydroxylation is 2. The summed E-state index contributed by atoms with van der Waals surface area (Å²) in [5, 5.41) is 0.598. The van der Waals surface area contributed by atoms with Crippen molar-refractivity contribution in [3.05, 3.63) is 40.8 Å². The number of pyridine rings is 1. The van der Waals surface area contributed by atoms with Gasteiger partial charge in [0.15, 0.2) is 10.4 Å². The summed E-state index contributed by atoms with van der Waals surface area (Å²) in [5.74, 6) is 0. The van der Waals surface area contributed by atoms with Crippen molar-refractivity contribution in [1.29, 1.82) is 0 Å². The fraction of sp³-hybridized carbons (Fsp3) is 0.182. The van der Waals surface area contributed by atoms with Gasteiger partial charge in [-0.15, -0.1) is 0 Å². The zero-order valence-electron chi connectivity index (χ0n) is 9.38. The third-order valence-electron chi connectivity index (χ3n) is 2.72. The Morgan fingerprint density at radius 2 is 2.28 bits per heavy atom. The van der Waals surface area contributed by atoms with Crippen molar-refractivity contribution in [2.75, 3.05) is 0 Å². The molecule has 0 aromatic carbocycles. The molecule has 0 fully saturated rings. The summed E-state index contributed by atoms with van der Waals surface area (Å²) in [4.78, 5) is 11.4. The molecule has 3 aromatic heterocycles. The molecule has 0 bridgehead atoms. The minimum atomic E-state index is 0.598. The van der Waals surface area contributed by atoms with Crippen LogP contribution < -0.4 is 0 Å². The van der Waals surface area contributed by atoms with E-state index in [9.17, 15) is 0 Å². The lowest BCUT2D eigenvalue weighted by Crippen LogP contribution is -2.06. The number of hydrogen-bond donors (Lipinski definition) is 1. The maximum Gasteiger partial charge on any atom is 0.179 e. The van der Waals surface area contributed by atoms with Crippen molar-refractivity contribution >= 4 is 35.0 Å². The van der Waals surface area contributed by atoms with E-state index in [0.717, 1.165) is 24.3 Å². The molecule has 0 unspecified atom stereocenters. The van der Waals surface area contributed by atoms with Gasteiger partial charge in [0.25, 0.3) is 0 Å². The Bertz CT molecular complexity index is 728. The molecular formula is C11H10ClN5S. The number of fused-ring (bicyclic) bond motifs is 1. The van der Waals surface area contributed by atoms with Crippen LogP contribution in [-0.4, -0.2) is 24.1 Å². The Kier molecular flexibility index (Phi) is 2.89. The molecule has 7 heteroatoms. The van der Waals surface area contributed by atoms with Crippen LogP contribution in [0.3, 0.4) is 0 Å². The zero-order chi connectivity index (χ0) is 12.5. The van der Waals surface area contributed by atoms with Crippen LogP contribution in [0.15, 0.2) is 31.0 Å². The van der Waals surface area contributed by atoms with Crippen LogP contribution in [0.5, 0.6) is 0 Å². The number of imidazole rings is 2. The van der Waals surface area contributed by atoms with Crippen molar-refractivity contribution < 1.29 is 0 Å². The molecule has 0 aliphatic rings. The molecule has 0 spiro atoms. The third-order valence-corrected chi connectivity index (χ3v) is 3.25. The van der Waals surface area contributed by atoms with Gasteiger partial charge in [-0.2, -0.15) is 0 Å². The van der Waals surface area contributed by atoms with Crippen molar-refractivity contribution in [3.63, 3.8) is 0 Å². The average Bonchev–Trinajstić information content (AvgIpc) is 2.93. The maximum absolute atomic E-state index is 5.90. The highest BCUT2D eigenvalue weighted by Crippen LogP contribution is 2.16. The molecule has 0 radical (unpaired) electrons. The van der Waals surface area contributed by atoms with Gasteiger partial charge < -0.3 is 9.55 Å². The highest BCUT2D eigenvalue weighted by molar-refractivity contribution is 7.71. The summed E-state index contributed by atoms with van der Waals surface area (Å²) in [5.41, 5.74) is 1.68. The number of rotatable bonds is 3. The first-order chi connectivity index (χ1) is 8.74. The Morgan fingerprint density at radius 3 is 3.06 bits per heavy atom. The Hall–Kier alpha value is -1.66. The van der Waals surface area contributed by atoms with Crippen LogP contribution in [0.1, 0.15) is 0 Å². The number of hydrogen-bond acceptors (Lipinski definition) is 3. The van der Waals surface area contributed by atoms with Gasteiger partial charge in [-0.3, -0.25) is 4.57 Å². The predicted octanol–water partition coefficient (Wildman–Crippen LogP) is 2.64. The highest BCUT2D eigenvalue weighted by atomic mass is 35.5. The molecule has 1 N–H and O–H groups in total. The molecule has 3 aromatic rings. The van der Waals surface area contributed by atoms with Gasteiger partial charge in [-0.25, -0.2) is 9.97 Å². The fourth-order valence-electron chi connectivity index (χ4n) is 1.86. The van der Waals surface area contributed by atoms with Gasteiger partial charge >= 0.3 is 0 Å². The monoisotopic (exact) mass is 279 g/mol. The van der Waals surface area contributed by atoms with Crippen molar-refractivity contribution in [1.82, 2.24) is 24.1 Å².